The van der Waals surface area contributed by atoms with Crippen LogP contribution in [0, 0.1) is 0 Å². The summed E-state index contributed by atoms with van der Waals surface area (Å²) in [6.45, 7) is 5.23. The molecule has 0 aliphatic heterocycles. The minimum atomic E-state index is -0.0646. The van der Waals surface area contributed by atoms with Crippen molar-refractivity contribution in [1.82, 2.24) is 10.2 Å². The maximum Gasteiger partial charge on any atom is 0.227 e. The van der Waals surface area contributed by atoms with E-state index in [0.717, 1.165) is 18.5 Å². The lowest BCUT2D eigenvalue weighted by atomic mass is 10.3. The standard InChI is InChI=1S/C11H19N3O2/c1-3-6-16-7-5-11(15)12-10-8-9(4-2)13-14-10/h8H,3-7H2,1-2H3,(H2,12,13,14,15). The number of carbonyl (C=O) groups excluding carboxylic acids is 1. The van der Waals surface area contributed by atoms with E-state index in [1.54, 1.807) is 0 Å². The monoisotopic (exact) mass is 225 g/mol. The number of rotatable bonds is 7. The number of amides is 1. The Bertz CT molecular complexity index is 323. The second kappa shape index (κ2) is 7.00. The number of aryl methyl sites for hydroxylation is 1. The Balaban J connectivity index is 2.23. The van der Waals surface area contributed by atoms with Crippen LogP contribution in [0.15, 0.2) is 6.07 Å². The van der Waals surface area contributed by atoms with Gasteiger partial charge >= 0.3 is 0 Å². The van der Waals surface area contributed by atoms with Crippen LogP contribution >= 0.6 is 0 Å². The van der Waals surface area contributed by atoms with Crippen LogP contribution in [0.3, 0.4) is 0 Å². The van der Waals surface area contributed by atoms with Gasteiger partial charge in [0.1, 0.15) is 0 Å². The van der Waals surface area contributed by atoms with Gasteiger partial charge in [0.25, 0.3) is 0 Å². The summed E-state index contributed by atoms with van der Waals surface area (Å²) in [5, 5.41) is 9.53. The van der Waals surface area contributed by atoms with E-state index in [2.05, 4.69) is 15.5 Å². The van der Waals surface area contributed by atoms with E-state index in [9.17, 15) is 4.79 Å². The van der Waals surface area contributed by atoms with Crippen molar-refractivity contribution in [1.29, 1.82) is 0 Å². The Morgan fingerprint density at radius 1 is 1.50 bits per heavy atom. The van der Waals surface area contributed by atoms with Gasteiger partial charge in [0.05, 0.1) is 13.0 Å². The normalized spacial score (nSPS) is 10.4. The maximum atomic E-state index is 11.4. The maximum absolute atomic E-state index is 11.4. The smallest absolute Gasteiger partial charge is 0.227 e. The van der Waals surface area contributed by atoms with Gasteiger partial charge in [0.15, 0.2) is 5.82 Å². The van der Waals surface area contributed by atoms with E-state index in [4.69, 9.17) is 4.74 Å². The average Bonchev–Trinajstić information content (AvgIpc) is 2.72. The van der Waals surface area contributed by atoms with Gasteiger partial charge in [-0.05, 0) is 12.8 Å². The number of H-pyrrole nitrogens is 1. The molecule has 5 heteroatoms. The van der Waals surface area contributed by atoms with Crippen LogP contribution in [-0.2, 0) is 16.0 Å². The van der Waals surface area contributed by atoms with Crippen molar-refractivity contribution in [2.75, 3.05) is 18.5 Å². The molecular weight excluding hydrogens is 206 g/mol. The molecule has 0 unspecified atom stereocenters. The topological polar surface area (TPSA) is 67.0 Å². The van der Waals surface area contributed by atoms with Gasteiger partial charge in [-0.1, -0.05) is 13.8 Å². The molecule has 0 aliphatic rings. The zero-order valence-electron chi connectivity index (χ0n) is 9.88. The van der Waals surface area contributed by atoms with Crippen LogP contribution in [0.25, 0.3) is 0 Å². The highest BCUT2D eigenvalue weighted by Crippen LogP contribution is 2.05. The Kier molecular flexibility index (Phi) is 5.56. The van der Waals surface area contributed by atoms with Crippen LogP contribution in [-0.4, -0.2) is 29.3 Å². The molecule has 1 rings (SSSR count). The summed E-state index contributed by atoms with van der Waals surface area (Å²) in [6.07, 6.45) is 2.22. The van der Waals surface area contributed by atoms with Gasteiger partial charge in [0, 0.05) is 18.4 Å². The van der Waals surface area contributed by atoms with Gasteiger partial charge in [-0.25, -0.2) is 0 Å². The molecule has 16 heavy (non-hydrogen) atoms. The molecule has 5 nitrogen and oxygen atoms in total. The molecule has 0 aromatic carbocycles. The number of carbonyl (C=O) groups is 1. The number of hydrogen-bond acceptors (Lipinski definition) is 3. The van der Waals surface area contributed by atoms with Crippen molar-refractivity contribution in [3.63, 3.8) is 0 Å². The van der Waals surface area contributed by atoms with Crippen molar-refractivity contribution in [2.24, 2.45) is 0 Å². The van der Waals surface area contributed by atoms with Crippen molar-refractivity contribution >= 4 is 11.7 Å². The van der Waals surface area contributed by atoms with Gasteiger partial charge in [-0.2, -0.15) is 5.10 Å². The highest BCUT2D eigenvalue weighted by molar-refractivity contribution is 5.89. The molecule has 0 radical (unpaired) electrons. The summed E-state index contributed by atoms with van der Waals surface area (Å²) in [4.78, 5) is 11.4. The predicted molar refractivity (Wildman–Crippen MR) is 62.3 cm³/mol. The molecule has 0 saturated carbocycles. The number of hydrogen-bond donors (Lipinski definition) is 2. The van der Waals surface area contributed by atoms with E-state index < -0.39 is 0 Å². The SMILES string of the molecule is CCCOCCC(=O)Nc1cc(CC)[nH]n1. The van der Waals surface area contributed by atoms with Crippen LogP contribution in [0.1, 0.15) is 32.4 Å². The van der Waals surface area contributed by atoms with Crippen LogP contribution in [0.5, 0.6) is 0 Å². The van der Waals surface area contributed by atoms with Crippen molar-refractivity contribution in [3.8, 4) is 0 Å². The van der Waals surface area contributed by atoms with Crippen LogP contribution in [0.4, 0.5) is 5.82 Å². The van der Waals surface area contributed by atoms with Gasteiger partial charge < -0.3 is 10.1 Å². The molecular formula is C11H19N3O2. The average molecular weight is 225 g/mol. The molecule has 0 saturated heterocycles. The first-order valence-corrected chi connectivity index (χ1v) is 5.68. The second-order valence-electron chi connectivity index (χ2n) is 3.54. The number of nitrogens with zero attached hydrogens (tertiary/aromatic N) is 1. The molecule has 1 aromatic rings. The summed E-state index contributed by atoms with van der Waals surface area (Å²) < 4.78 is 5.23. The quantitative estimate of drug-likeness (QED) is 0.694. The number of aromatic amines is 1. The lowest BCUT2D eigenvalue weighted by Gasteiger charge is -2.02. The van der Waals surface area contributed by atoms with E-state index in [1.807, 2.05) is 19.9 Å². The Morgan fingerprint density at radius 2 is 2.31 bits per heavy atom. The molecule has 90 valence electrons. The largest absolute Gasteiger partial charge is 0.381 e. The first-order valence-electron chi connectivity index (χ1n) is 5.68. The minimum Gasteiger partial charge on any atom is -0.381 e. The first kappa shape index (κ1) is 12.7. The van der Waals surface area contributed by atoms with Crippen molar-refractivity contribution < 1.29 is 9.53 Å². The first-order chi connectivity index (χ1) is 7.76. The minimum absolute atomic E-state index is 0.0646. The molecule has 2 N–H and O–H groups in total. The third kappa shape index (κ3) is 4.44. The summed E-state index contributed by atoms with van der Waals surface area (Å²) in [6, 6.07) is 1.84. The summed E-state index contributed by atoms with van der Waals surface area (Å²) >= 11 is 0. The zero-order valence-corrected chi connectivity index (χ0v) is 9.88. The molecule has 0 aliphatic carbocycles. The fourth-order valence-corrected chi connectivity index (χ4v) is 1.22. The molecule has 1 heterocycles. The molecule has 0 fully saturated rings. The van der Waals surface area contributed by atoms with Crippen LogP contribution in [0.2, 0.25) is 0 Å². The number of aromatic nitrogens is 2. The Hall–Kier alpha value is -1.36. The van der Waals surface area contributed by atoms with Gasteiger partial charge in [-0.3, -0.25) is 9.89 Å². The third-order valence-corrected chi connectivity index (χ3v) is 2.10. The number of anilines is 1. The molecule has 0 spiro atoms. The third-order valence-electron chi connectivity index (χ3n) is 2.10. The Morgan fingerprint density at radius 3 is 2.94 bits per heavy atom. The molecule has 1 amide bonds. The Labute approximate surface area is 95.6 Å². The summed E-state index contributed by atoms with van der Waals surface area (Å²) in [7, 11) is 0. The van der Waals surface area contributed by atoms with Gasteiger partial charge in [-0.15, -0.1) is 0 Å². The fourth-order valence-electron chi connectivity index (χ4n) is 1.22. The highest BCUT2D eigenvalue weighted by Gasteiger charge is 2.04. The van der Waals surface area contributed by atoms with E-state index in [-0.39, 0.29) is 5.91 Å². The van der Waals surface area contributed by atoms with Crippen molar-refractivity contribution in [3.05, 3.63) is 11.8 Å². The predicted octanol–water partition coefficient (Wildman–Crippen LogP) is 1.73. The van der Waals surface area contributed by atoms with Gasteiger partial charge in [0.2, 0.25) is 5.91 Å². The van der Waals surface area contributed by atoms with E-state index in [1.165, 1.54) is 0 Å². The fraction of sp³-hybridized carbons (Fsp3) is 0.636. The lowest BCUT2D eigenvalue weighted by molar-refractivity contribution is -0.117. The lowest BCUT2D eigenvalue weighted by Crippen LogP contribution is -2.14. The van der Waals surface area contributed by atoms with E-state index >= 15 is 0 Å². The highest BCUT2D eigenvalue weighted by atomic mass is 16.5. The second-order valence-corrected chi connectivity index (χ2v) is 3.54. The number of ether oxygens (including phenoxy) is 1. The number of nitrogens with one attached hydrogen (secondary N) is 2. The van der Waals surface area contributed by atoms with Crippen LogP contribution < -0.4 is 5.32 Å². The molecule has 0 atom stereocenters. The zero-order chi connectivity index (χ0) is 11.8. The molecule has 1 aromatic heterocycles. The molecule has 0 bridgehead atoms. The summed E-state index contributed by atoms with van der Waals surface area (Å²) in [5.74, 6) is 0.516. The van der Waals surface area contributed by atoms with E-state index in [0.29, 0.717) is 25.5 Å². The summed E-state index contributed by atoms with van der Waals surface area (Å²) in [5.41, 5.74) is 1.01. The van der Waals surface area contributed by atoms with Crippen molar-refractivity contribution in [2.45, 2.75) is 33.1 Å².